The third kappa shape index (κ3) is 6.13. The van der Waals surface area contributed by atoms with Crippen LogP contribution in [0.4, 0.5) is 16.2 Å². The number of benzene rings is 2. The van der Waals surface area contributed by atoms with E-state index in [0.717, 1.165) is 11.3 Å². The molecule has 30 heavy (non-hydrogen) atoms. The number of rotatable bonds is 5. The number of carbonyl (C=O) groups excluding carboxylic acids is 1. The average Bonchev–Trinajstić information content (AvgIpc) is 2.67. The highest BCUT2D eigenvalue weighted by Crippen LogP contribution is 2.28. The standard InChI is InChI=1S/C22H29N3O4S/c1-22(2,3)29-21(26)25-15-13-24(14-16-25)20-12-8-7-11-19(20)23-30(27,28)17-18-9-5-4-6-10-18/h4-12,23H,13-17H2,1-3H3. The van der Waals surface area contributed by atoms with Crippen LogP contribution in [0.25, 0.3) is 0 Å². The second-order valence-corrected chi connectivity index (χ2v) is 10.0. The lowest BCUT2D eigenvalue weighted by atomic mass is 10.2. The predicted molar refractivity (Wildman–Crippen MR) is 119 cm³/mol. The van der Waals surface area contributed by atoms with Crippen molar-refractivity contribution in [3.8, 4) is 0 Å². The smallest absolute Gasteiger partial charge is 0.410 e. The van der Waals surface area contributed by atoms with Crippen LogP contribution in [-0.2, 0) is 20.5 Å². The highest BCUT2D eigenvalue weighted by molar-refractivity contribution is 7.91. The summed E-state index contributed by atoms with van der Waals surface area (Å²) < 4.78 is 33.5. The fourth-order valence-electron chi connectivity index (χ4n) is 3.29. The number of nitrogens with one attached hydrogen (secondary N) is 1. The van der Waals surface area contributed by atoms with Crippen molar-refractivity contribution in [2.75, 3.05) is 35.8 Å². The maximum atomic E-state index is 12.7. The predicted octanol–water partition coefficient (Wildman–Crippen LogP) is 3.69. The number of hydrogen-bond donors (Lipinski definition) is 1. The zero-order chi connectivity index (χ0) is 21.8. The molecule has 1 fully saturated rings. The molecule has 1 aliphatic heterocycles. The summed E-state index contributed by atoms with van der Waals surface area (Å²) in [5.74, 6) is -0.0887. The minimum Gasteiger partial charge on any atom is -0.444 e. The lowest BCUT2D eigenvalue weighted by molar-refractivity contribution is 0.0240. The van der Waals surface area contributed by atoms with E-state index in [0.29, 0.717) is 31.9 Å². The summed E-state index contributed by atoms with van der Waals surface area (Å²) in [6.45, 7) is 7.75. The van der Waals surface area contributed by atoms with Crippen molar-refractivity contribution in [1.29, 1.82) is 0 Å². The molecule has 1 aliphatic rings. The number of sulfonamides is 1. The maximum Gasteiger partial charge on any atom is 0.410 e. The van der Waals surface area contributed by atoms with E-state index < -0.39 is 15.6 Å². The zero-order valence-corrected chi connectivity index (χ0v) is 18.5. The number of para-hydroxylation sites is 2. The largest absolute Gasteiger partial charge is 0.444 e. The summed E-state index contributed by atoms with van der Waals surface area (Å²) in [6, 6.07) is 16.4. The van der Waals surface area contributed by atoms with E-state index in [-0.39, 0.29) is 11.8 Å². The van der Waals surface area contributed by atoms with Crippen LogP contribution in [0.2, 0.25) is 0 Å². The molecule has 8 heteroatoms. The lowest BCUT2D eigenvalue weighted by Crippen LogP contribution is -2.50. The van der Waals surface area contributed by atoms with Gasteiger partial charge in [-0.3, -0.25) is 4.72 Å². The Morgan fingerprint density at radius 1 is 0.967 bits per heavy atom. The first-order valence-electron chi connectivity index (χ1n) is 9.99. The molecule has 1 amide bonds. The first-order valence-corrected chi connectivity index (χ1v) is 11.6. The van der Waals surface area contributed by atoms with Crippen LogP contribution in [0.1, 0.15) is 26.3 Å². The van der Waals surface area contributed by atoms with Crippen LogP contribution in [0, 0.1) is 0 Å². The minimum atomic E-state index is -3.55. The van der Waals surface area contributed by atoms with Gasteiger partial charge >= 0.3 is 6.09 Å². The highest BCUT2D eigenvalue weighted by atomic mass is 32.2. The number of amides is 1. The normalized spacial score (nSPS) is 15.0. The molecular formula is C22H29N3O4S. The van der Waals surface area contributed by atoms with E-state index in [1.807, 2.05) is 51.1 Å². The zero-order valence-electron chi connectivity index (χ0n) is 17.7. The molecule has 0 aliphatic carbocycles. The van der Waals surface area contributed by atoms with E-state index in [4.69, 9.17) is 4.74 Å². The topological polar surface area (TPSA) is 79.0 Å². The van der Waals surface area contributed by atoms with E-state index in [9.17, 15) is 13.2 Å². The molecule has 1 N–H and O–H groups in total. The Balaban J connectivity index is 1.67. The van der Waals surface area contributed by atoms with E-state index in [2.05, 4.69) is 9.62 Å². The van der Waals surface area contributed by atoms with Crippen LogP contribution in [0.3, 0.4) is 0 Å². The van der Waals surface area contributed by atoms with Crippen molar-refractivity contribution in [3.63, 3.8) is 0 Å². The molecule has 0 spiro atoms. The number of hydrogen-bond acceptors (Lipinski definition) is 5. The second kappa shape index (κ2) is 8.95. The van der Waals surface area contributed by atoms with Crippen molar-refractivity contribution in [2.24, 2.45) is 0 Å². The van der Waals surface area contributed by atoms with Crippen molar-refractivity contribution in [2.45, 2.75) is 32.1 Å². The van der Waals surface area contributed by atoms with Crippen LogP contribution in [0.5, 0.6) is 0 Å². The van der Waals surface area contributed by atoms with Gasteiger partial charge in [-0.05, 0) is 38.5 Å². The van der Waals surface area contributed by atoms with Gasteiger partial charge in [-0.1, -0.05) is 42.5 Å². The molecule has 0 radical (unpaired) electrons. The van der Waals surface area contributed by atoms with E-state index >= 15 is 0 Å². The number of anilines is 2. The molecule has 3 rings (SSSR count). The van der Waals surface area contributed by atoms with Gasteiger partial charge in [-0.25, -0.2) is 13.2 Å². The molecule has 0 atom stereocenters. The summed E-state index contributed by atoms with van der Waals surface area (Å²) in [6.07, 6.45) is -0.320. The van der Waals surface area contributed by atoms with Gasteiger partial charge in [-0.15, -0.1) is 0 Å². The van der Waals surface area contributed by atoms with Crippen molar-refractivity contribution in [1.82, 2.24) is 4.90 Å². The summed E-state index contributed by atoms with van der Waals surface area (Å²) in [7, 11) is -3.55. The molecule has 2 aromatic carbocycles. The lowest BCUT2D eigenvalue weighted by Gasteiger charge is -2.37. The van der Waals surface area contributed by atoms with Crippen molar-refractivity contribution in [3.05, 3.63) is 60.2 Å². The Bertz CT molecular complexity index is 963. The Kier molecular flexibility index (Phi) is 6.55. The Morgan fingerprint density at radius 3 is 2.20 bits per heavy atom. The van der Waals surface area contributed by atoms with Gasteiger partial charge in [0.1, 0.15) is 5.60 Å². The van der Waals surface area contributed by atoms with Gasteiger partial charge < -0.3 is 14.5 Å². The Labute approximate surface area is 178 Å². The van der Waals surface area contributed by atoms with Crippen molar-refractivity contribution < 1.29 is 17.9 Å². The third-order valence-corrected chi connectivity index (χ3v) is 5.89. The van der Waals surface area contributed by atoms with Crippen LogP contribution in [0.15, 0.2) is 54.6 Å². The molecule has 162 valence electrons. The average molecular weight is 432 g/mol. The van der Waals surface area contributed by atoms with Gasteiger partial charge in [-0.2, -0.15) is 0 Å². The van der Waals surface area contributed by atoms with Crippen LogP contribution < -0.4 is 9.62 Å². The summed E-state index contributed by atoms with van der Waals surface area (Å²) in [5.41, 5.74) is 1.54. The Morgan fingerprint density at radius 2 is 1.57 bits per heavy atom. The monoisotopic (exact) mass is 431 g/mol. The van der Waals surface area contributed by atoms with Gasteiger partial charge in [0, 0.05) is 26.2 Å². The summed E-state index contributed by atoms with van der Waals surface area (Å²) in [5, 5.41) is 0. The number of ether oxygens (including phenoxy) is 1. The van der Waals surface area contributed by atoms with Crippen LogP contribution in [-0.4, -0.2) is 51.2 Å². The number of piperazine rings is 1. The maximum absolute atomic E-state index is 12.7. The van der Waals surface area contributed by atoms with Gasteiger partial charge in [0.25, 0.3) is 0 Å². The minimum absolute atomic E-state index is 0.0887. The Hall–Kier alpha value is -2.74. The fraction of sp³-hybridized carbons (Fsp3) is 0.409. The quantitative estimate of drug-likeness (QED) is 0.781. The first-order chi connectivity index (χ1) is 14.1. The van der Waals surface area contributed by atoms with Gasteiger partial charge in [0.15, 0.2) is 0 Å². The SMILES string of the molecule is CC(C)(C)OC(=O)N1CCN(c2ccccc2NS(=O)(=O)Cc2ccccc2)CC1. The second-order valence-electron chi connectivity index (χ2n) is 8.32. The molecule has 0 aromatic heterocycles. The first kappa shape index (κ1) is 22.0. The van der Waals surface area contributed by atoms with Crippen molar-refractivity contribution >= 4 is 27.5 Å². The highest BCUT2D eigenvalue weighted by Gasteiger charge is 2.27. The molecule has 0 bridgehead atoms. The molecule has 0 unspecified atom stereocenters. The summed E-state index contributed by atoms with van der Waals surface area (Å²) in [4.78, 5) is 16.0. The molecule has 1 heterocycles. The summed E-state index contributed by atoms with van der Waals surface area (Å²) >= 11 is 0. The van der Waals surface area contributed by atoms with E-state index in [1.54, 1.807) is 29.2 Å². The molecule has 1 saturated heterocycles. The fourth-order valence-corrected chi connectivity index (χ4v) is 4.50. The third-order valence-electron chi connectivity index (χ3n) is 4.64. The molecule has 2 aromatic rings. The van der Waals surface area contributed by atoms with E-state index in [1.165, 1.54) is 0 Å². The molecular weight excluding hydrogens is 402 g/mol. The van der Waals surface area contributed by atoms with Gasteiger partial charge in [0.2, 0.25) is 10.0 Å². The number of carbonyl (C=O) groups is 1. The molecule has 7 nitrogen and oxygen atoms in total. The number of nitrogens with zero attached hydrogens (tertiary/aromatic N) is 2. The van der Waals surface area contributed by atoms with Crippen LogP contribution >= 0.6 is 0 Å². The molecule has 0 saturated carbocycles. The van der Waals surface area contributed by atoms with Gasteiger partial charge in [0.05, 0.1) is 17.1 Å².